The van der Waals surface area contributed by atoms with Crippen LogP contribution in [0.4, 0.5) is 21.7 Å². The van der Waals surface area contributed by atoms with E-state index in [1.54, 1.807) is 19.4 Å². The Morgan fingerprint density at radius 3 is 2.89 bits per heavy atom. The average molecular weight is 389 g/mol. The molecule has 0 atom stereocenters. The van der Waals surface area contributed by atoms with E-state index in [9.17, 15) is 4.79 Å². The molecular formula is C16H19N7O3S. The van der Waals surface area contributed by atoms with E-state index in [1.165, 1.54) is 18.4 Å². The number of pyridine rings is 1. The predicted octanol–water partition coefficient (Wildman–Crippen LogP) is 2.14. The summed E-state index contributed by atoms with van der Waals surface area (Å²) in [6, 6.07) is 5.54. The first-order valence-electron chi connectivity index (χ1n) is 8.09. The van der Waals surface area contributed by atoms with Gasteiger partial charge in [0.1, 0.15) is 16.2 Å². The first-order valence-corrected chi connectivity index (χ1v) is 8.90. The number of hydrogen-bond acceptors (Lipinski definition) is 10. The Morgan fingerprint density at radius 2 is 2.11 bits per heavy atom. The summed E-state index contributed by atoms with van der Waals surface area (Å²) in [7, 11) is 2.91. The Morgan fingerprint density at radius 1 is 1.22 bits per heavy atom. The minimum Gasteiger partial charge on any atom is -0.453 e. The first-order chi connectivity index (χ1) is 13.2. The normalized spacial score (nSPS) is 10.6. The summed E-state index contributed by atoms with van der Waals surface area (Å²) in [6.45, 7) is 1.15. The van der Waals surface area contributed by atoms with Crippen LogP contribution in [0, 0.1) is 0 Å². The van der Waals surface area contributed by atoms with Crippen molar-refractivity contribution in [2.24, 2.45) is 0 Å². The molecule has 0 fully saturated rings. The predicted molar refractivity (Wildman–Crippen MR) is 102 cm³/mol. The summed E-state index contributed by atoms with van der Waals surface area (Å²) >= 11 is 1.44. The highest BCUT2D eigenvalue weighted by atomic mass is 32.1. The van der Waals surface area contributed by atoms with Gasteiger partial charge in [-0.05, 0) is 12.1 Å². The Balaban J connectivity index is 1.71. The minimum atomic E-state index is -0.488. The van der Waals surface area contributed by atoms with Crippen LogP contribution in [0.1, 0.15) is 5.69 Å². The zero-order valence-electron chi connectivity index (χ0n) is 14.9. The lowest BCUT2D eigenvalue weighted by Crippen LogP contribution is -2.28. The van der Waals surface area contributed by atoms with Gasteiger partial charge in [-0.25, -0.2) is 19.7 Å². The van der Waals surface area contributed by atoms with Crippen LogP contribution in [-0.2, 0) is 16.1 Å². The zero-order chi connectivity index (χ0) is 19.1. The molecule has 10 nitrogen and oxygen atoms in total. The van der Waals surface area contributed by atoms with Crippen molar-refractivity contribution in [2.75, 3.05) is 37.9 Å². The monoisotopic (exact) mass is 389 g/mol. The van der Waals surface area contributed by atoms with Crippen LogP contribution < -0.4 is 16.0 Å². The molecule has 0 radical (unpaired) electrons. The number of alkyl carbamates (subject to hydrolysis) is 1. The summed E-state index contributed by atoms with van der Waals surface area (Å²) in [4.78, 5) is 29.5. The Labute approximate surface area is 159 Å². The molecule has 3 N–H and O–H groups in total. The number of thiazole rings is 1. The van der Waals surface area contributed by atoms with E-state index in [1.807, 2.05) is 12.1 Å². The summed E-state index contributed by atoms with van der Waals surface area (Å²) in [5, 5.41) is 9.50. The molecule has 1 amide bonds. The summed E-state index contributed by atoms with van der Waals surface area (Å²) in [5.41, 5.74) is 1.53. The molecule has 0 saturated carbocycles. The quantitative estimate of drug-likeness (QED) is 0.497. The van der Waals surface area contributed by atoms with Crippen LogP contribution in [0.2, 0.25) is 0 Å². The molecule has 27 heavy (non-hydrogen) atoms. The number of fused-ring (bicyclic) bond motifs is 1. The maximum atomic E-state index is 11.1. The van der Waals surface area contributed by atoms with Gasteiger partial charge in [0.25, 0.3) is 0 Å². The van der Waals surface area contributed by atoms with E-state index in [-0.39, 0.29) is 0 Å². The largest absolute Gasteiger partial charge is 0.453 e. The lowest BCUT2D eigenvalue weighted by Gasteiger charge is -2.10. The maximum Gasteiger partial charge on any atom is 0.406 e. The molecule has 0 aliphatic rings. The van der Waals surface area contributed by atoms with Gasteiger partial charge >= 0.3 is 6.09 Å². The van der Waals surface area contributed by atoms with Crippen LogP contribution in [0.25, 0.3) is 10.3 Å². The van der Waals surface area contributed by atoms with Gasteiger partial charge in [0.2, 0.25) is 5.95 Å². The van der Waals surface area contributed by atoms with Crippen LogP contribution in [-0.4, -0.2) is 53.3 Å². The molecule has 3 heterocycles. The molecule has 0 unspecified atom stereocenters. The number of hydrogen-bond donors (Lipinski definition) is 3. The Bertz CT molecular complexity index is 885. The van der Waals surface area contributed by atoms with Crippen LogP contribution in [0.5, 0.6) is 0 Å². The highest BCUT2D eigenvalue weighted by Crippen LogP contribution is 2.26. The summed E-state index contributed by atoms with van der Waals surface area (Å²) in [6.07, 6.45) is 1.24. The number of rotatable bonds is 8. The smallest absolute Gasteiger partial charge is 0.406 e. The fourth-order valence-corrected chi connectivity index (χ4v) is 3.02. The van der Waals surface area contributed by atoms with Crippen molar-refractivity contribution in [1.82, 2.24) is 25.3 Å². The number of ether oxygens (including phenoxy) is 2. The third-order valence-corrected chi connectivity index (χ3v) is 4.23. The molecule has 0 saturated heterocycles. The summed E-state index contributed by atoms with van der Waals surface area (Å²) in [5.74, 6) is 0.998. The molecule has 3 aromatic rings. The third kappa shape index (κ3) is 5.21. The number of anilines is 3. The second-order valence-corrected chi connectivity index (χ2v) is 6.30. The number of methoxy groups -OCH3 is 2. The van der Waals surface area contributed by atoms with Crippen molar-refractivity contribution < 1.29 is 14.3 Å². The van der Waals surface area contributed by atoms with Crippen molar-refractivity contribution in [1.29, 1.82) is 0 Å². The van der Waals surface area contributed by atoms with Crippen molar-refractivity contribution in [3.63, 3.8) is 0 Å². The first kappa shape index (κ1) is 18.7. The van der Waals surface area contributed by atoms with Crippen molar-refractivity contribution in [3.05, 3.63) is 30.1 Å². The van der Waals surface area contributed by atoms with Gasteiger partial charge in [0.05, 0.1) is 19.4 Å². The number of carbonyl (C=O) groups excluding carboxylic acids is 1. The van der Waals surface area contributed by atoms with E-state index in [0.29, 0.717) is 42.3 Å². The maximum absolute atomic E-state index is 11.1. The van der Waals surface area contributed by atoms with E-state index in [4.69, 9.17) is 4.74 Å². The number of aromatic nitrogens is 4. The molecule has 3 aromatic heterocycles. The molecule has 11 heteroatoms. The molecule has 0 aliphatic heterocycles. The molecular weight excluding hydrogens is 370 g/mol. The fourth-order valence-electron chi connectivity index (χ4n) is 2.21. The van der Waals surface area contributed by atoms with Crippen LogP contribution in [0.3, 0.4) is 0 Å². The Hall–Kier alpha value is -3.05. The SMILES string of the molecule is COCc1cc(Nc2nc3cccnc3s2)nc(NCCNC(=O)OC)n1. The molecule has 0 aliphatic carbocycles. The van der Waals surface area contributed by atoms with Gasteiger partial charge in [-0.2, -0.15) is 4.98 Å². The molecule has 0 spiro atoms. The lowest BCUT2D eigenvalue weighted by molar-refractivity contribution is 0.171. The highest BCUT2D eigenvalue weighted by Gasteiger charge is 2.09. The second kappa shape index (κ2) is 9.05. The second-order valence-electron chi connectivity index (χ2n) is 5.32. The highest BCUT2D eigenvalue weighted by molar-refractivity contribution is 7.21. The van der Waals surface area contributed by atoms with Gasteiger partial charge in [-0.15, -0.1) is 0 Å². The topological polar surface area (TPSA) is 123 Å². The van der Waals surface area contributed by atoms with Gasteiger partial charge in [0.15, 0.2) is 5.13 Å². The third-order valence-electron chi connectivity index (χ3n) is 3.34. The number of carbonyl (C=O) groups is 1. The van der Waals surface area contributed by atoms with E-state index >= 15 is 0 Å². The average Bonchev–Trinajstić information content (AvgIpc) is 3.07. The zero-order valence-corrected chi connectivity index (χ0v) is 15.7. The van der Waals surface area contributed by atoms with E-state index < -0.39 is 6.09 Å². The van der Waals surface area contributed by atoms with Gasteiger partial charge < -0.3 is 25.4 Å². The molecule has 0 aromatic carbocycles. The minimum absolute atomic E-state index is 0.341. The van der Waals surface area contributed by atoms with E-state index in [0.717, 1.165) is 10.3 Å². The molecule has 142 valence electrons. The van der Waals surface area contributed by atoms with Crippen molar-refractivity contribution in [2.45, 2.75) is 6.61 Å². The number of nitrogens with zero attached hydrogens (tertiary/aromatic N) is 4. The van der Waals surface area contributed by atoms with Crippen LogP contribution >= 0.6 is 11.3 Å². The molecule has 3 rings (SSSR count). The summed E-state index contributed by atoms with van der Waals surface area (Å²) < 4.78 is 9.68. The Kier molecular flexibility index (Phi) is 6.28. The number of amides is 1. The van der Waals surface area contributed by atoms with Crippen molar-refractivity contribution in [3.8, 4) is 0 Å². The molecule has 0 bridgehead atoms. The van der Waals surface area contributed by atoms with Gasteiger partial charge in [0, 0.05) is 32.5 Å². The van der Waals surface area contributed by atoms with Crippen LogP contribution in [0.15, 0.2) is 24.4 Å². The van der Waals surface area contributed by atoms with E-state index in [2.05, 4.69) is 40.6 Å². The van der Waals surface area contributed by atoms with Gasteiger partial charge in [-0.1, -0.05) is 11.3 Å². The fraction of sp³-hybridized carbons (Fsp3) is 0.312. The standard InChI is InChI=1S/C16H19N7O3S/c1-25-9-10-8-12(22-14(20-10)18-6-7-19-16(24)26-2)23-15-21-11-4-3-5-17-13(11)27-15/h3-5,8H,6-7,9H2,1-2H3,(H,19,24)(H2,18,20,21,22,23). The van der Waals surface area contributed by atoms with Crippen molar-refractivity contribution >= 4 is 44.7 Å². The number of nitrogens with one attached hydrogen (secondary N) is 3. The van der Waals surface area contributed by atoms with Gasteiger partial charge in [-0.3, -0.25) is 0 Å². The lowest BCUT2D eigenvalue weighted by atomic mass is 10.4.